The van der Waals surface area contributed by atoms with Gasteiger partial charge in [0.25, 0.3) is 0 Å². The zero-order valence-corrected chi connectivity index (χ0v) is 12.2. The first-order valence-corrected chi connectivity index (χ1v) is 7.63. The van der Waals surface area contributed by atoms with Gasteiger partial charge in [-0.25, -0.2) is 0 Å². The number of benzene rings is 2. The van der Waals surface area contributed by atoms with Crippen molar-refractivity contribution in [2.45, 2.75) is 17.6 Å². The molecule has 1 heterocycles. The minimum atomic E-state index is 0.928. The molecule has 0 aliphatic heterocycles. The van der Waals surface area contributed by atoms with Gasteiger partial charge < -0.3 is 4.42 Å². The van der Waals surface area contributed by atoms with Gasteiger partial charge in [0.1, 0.15) is 5.76 Å². The topological polar surface area (TPSA) is 13.1 Å². The van der Waals surface area contributed by atoms with E-state index >= 15 is 0 Å². The SMILES string of the molecule is Cc1ccc(CSc2ccccc2-c2ccco2)cc1. The summed E-state index contributed by atoms with van der Waals surface area (Å²) in [6, 6.07) is 21.0. The molecule has 0 aliphatic rings. The van der Waals surface area contributed by atoms with Crippen LogP contribution < -0.4 is 0 Å². The first-order chi connectivity index (χ1) is 9.83. The number of rotatable bonds is 4. The first-order valence-electron chi connectivity index (χ1n) is 6.64. The van der Waals surface area contributed by atoms with Crippen LogP contribution in [0.2, 0.25) is 0 Å². The lowest BCUT2D eigenvalue weighted by Crippen LogP contribution is -1.84. The van der Waals surface area contributed by atoms with E-state index in [0.29, 0.717) is 0 Å². The number of hydrogen-bond acceptors (Lipinski definition) is 2. The van der Waals surface area contributed by atoms with Gasteiger partial charge in [-0.2, -0.15) is 0 Å². The fourth-order valence-corrected chi connectivity index (χ4v) is 3.09. The maximum absolute atomic E-state index is 5.51. The highest BCUT2D eigenvalue weighted by Gasteiger charge is 2.07. The van der Waals surface area contributed by atoms with Crippen molar-refractivity contribution in [1.82, 2.24) is 0 Å². The van der Waals surface area contributed by atoms with Gasteiger partial charge in [0, 0.05) is 16.2 Å². The van der Waals surface area contributed by atoms with Gasteiger partial charge in [0.05, 0.1) is 6.26 Å². The monoisotopic (exact) mass is 280 g/mol. The van der Waals surface area contributed by atoms with Crippen LogP contribution in [-0.2, 0) is 5.75 Å². The summed E-state index contributed by atoms with van der Waals surface area (Å²) in [4.78, 5) is 1.25. The second-order valence-electron chi connectivity index (χ2n) is 4.75. The molecule has 0 radical (unpaired) electrons. The summed E-state index contributed by atoms with van der Waals surface area (Å²) in [5.74, 6) is 1.90. The van der Waals surface area contributed by atoms with Crippen molar-refractivity contribution in [2.75, 3.05) is 0 Å². The minimum absolute atomic E-state index is 0.928. The molecule has 0 aliphatic carbocycles. The third-order valence-electron chi connectivity index (χ3n) is 3.19. The first kappa shape index (κ1) is 13.1. The van der Waals surface area contributed by atoms with Crippen LogP contribution in [0.4, 0.5) is 0 Å². The Balaban J connectivity index is 1.79. The highest BCUT2D eigenvalue weighted by molar-refractivity contribution is 7.98. The molecule has 0 saturated heterocycles. The second kappa shape index (κ2) is 6.02. The highest BCUT2D eigenvalue weighted by Crippen LogP contribution is 2.33. The molecule has 1 aromatic heterocycles. The van der Waals surface area contributed by atoms with E-state index in [4.69, 9.17) is 4.42 Å². The van der Waals surface area contributed by atoms with E-state index in [0.717, 1.165) is 17.1 Å². The van der Waals surface area contributed by atoms with Crippen LogP contribution in [0.25, 0.3) is 11.3 Å². The Labute approximate surface area is 123 Å². The molecular formula is C18H16OS. The number of hydrogen-bond donors (Lipinski definition) is 0. The molecule has 100 valence electrons. The summed E-state index contributed by atoms with van der Waals surface area (Å²) in [7, 11) is 0. The van der Waals surface area contributed by atoms with Gasteiger partial charge in [0.2, 0.25) is 0 Å². The van der Waals surface area contributed by atoms with E-state index in [1.54, 1.807) is 6.26 Å². The fraction of sp³-hybridized carbons (Fsp3) is 0.111. The van der Waals surface area contributed by atoms with Gasteiger partial charge in [-0.3, -0.25) is 0 Å². The van der Waals surface area contributed by atoms with Crippen molar-refractivity contribution in [3.8, 4) is 11.3 Å². The third kappa shape index (κ3) is 2.97. The van der Waals surface area contributed by atoms with E-state index in [1.165, 1.54) is 16.0 Å². The zero-order chi connectivity index (χ0) is 13.8. The van der Waals surface area contributed by atoms with E-state index in [-0.39, 0.29) is 0 Å². The average molecular weight is 280 g/mol. The van der Waals surface area contributed by atoms with Gasteiger partial charge in [-0.1, -0.05) is 48.0 Å². The Morgan fingerprint density at radius 2 is 1.70 bits per heavy atom. The molecular weight excluding hydrogens is 264 g/mol. The van der Waals surface area contributed by atoms with Crippen molar-refractivity contribution < 1.29 is 4.42 Å². The lowest BCUT2D eigenvalue weighted by atomic mass is 10.2. The maximum Gasteiger partial charge on any atom is 0.134 e. The fourth-order valence-electron chi connectivity index (χ4n) is 2.07. The van der Waals surface area contributed by atoms with Crippen LogP contribution in [0, 0.1) is 6.92 Å². The lowest BCUT2D eigenvalue weighted by molar-refractivity contribution is 0.581. The highest BCUT2D eigenvalue weighted by atomic mass is 32.2. The molecule has 0 fully saturated rings. The summed E-state index contributed by atoms with van der Waals surface area (Å²) in [6.45, 7) is 2.11. The van der Waals surface area contributed by atoms with Crippen molar-refractivity contribution in [2.24, 2.45) is 0 Å². The Bertz CT molecular complexity index is 669. The van der Waals surface area contributed by atoms with Crippen molar-refractivity contribution in [1.29, 1.82) is 0 Å². The number of furan rings is 1. The summed E-state index contributed by atoms with van der Waals surface area (Å²) < 4.78 is 5.51. The Hall–Kier alpha value is -1.93. The predicted octanol–water partition coefficient (Wildman–Crippen LogP) is 5.55. The van der Waals surface area contributed by atoms with Crippen LogP contribution >= 0.6 is 11.8 Å². The number of aryl methyl sites for hydroxylation is 1. The zero-order valence-electron chi connectivity index (χ0n) is 11.4. The lowest BCUT2D eigenvalue weighted by Gasteiger charge is -2.07. The molecule has 0 atom stereocenters. The Morgan fingerprint density at radius 1 is 0.900 bits per heavy atom. The molecule has 0 unspecified atom stereocenters. The van der Waals surface area contributed by atoms with Crippen LogP contribution in [0.1, 0.15) is 11.1 Å². The summed E-state index contributed by atoms with van der Waals surface area (Å²) >= 11 is 1.84. The second-order valence-corrected chi connectivity index (χ2v) is 5.76. The van der Waals surface area contributed by atoms with Crippen LogP contribution in [0.3, 0.4) is 0 Å². The third-order valence-corrected chi connectivity index (χ3v) is 4.33. The quantitative estimate of drug-likeness (QED) is 0.581. The molecule has 1 nitrogen and oxygen atoms in total. The van der Waals surface area contributed by atoms with Crippen LogP contribution in [-0.4, -0.2) is 0 Å². The average Bonchev–Trinajstić information content (AvgIpc) is 3.01. The molecule has 2 aromatic carbocycles. The minimum Gasteiger partial charge on any atom is -0.464 e. The molecule has 20 heavy (non-hydrogen) atoms. The van der Waals surface area contributed by atoms with Crippen LogP contribution in [0.5, 0.6) is 0 Å². The summed E-state index contributed by atoms with van der Waals surface area (Å²) in [5, 5.41) is 0. The van der Waals surface area contributed by atoms with Crippen LogP contribution in [0.15, 0.2) is 76.2 Å². The summed E-state index contributed by atoms with van der Waals surface area (Å²) in [5.41, 5.74) is 3.80. The molecule has 0 bridgehead atoms. The van der Waals surface area contributed by atoms with Gasteiger partial charge in [-0.05, 0) is 30.7 Å². The van der Waals surface area contributed by atoms with Crippen molar-refractivity contribution in [3.05, 3.63) is 78.1 Å². The standard InChI is InChI=1S/C18H16OS/c1-14-8-10-15(11-9-14)13-20-18-7-3-2-5-16(18)17-6-4-12-19-17/h2-12H,13H2,1H3. The largest absolute Gasteiger partial charge is 0.464 e. The van der Waals surface area contributed by atoms with Gasteiger partial charge in [0.15, 0.2) is 0 Å². The van der Waals surface area contributed by atoms with Gasteiger partial charge >= 0.3 is 0 Å². The molecule has 0 N–H and O–H groups in total. The molecule has 3 rings (SSSR count). The Kier molecular flexibility index (Phi) is 3.93. The Morgan fingerprint density at radius 3 is 2.45 bits per heavy atom. The molecule has 3 aromatic rings. The molecule has 0 amide bonds. The normalized spacial score (nSPS) is 10.7. The van der Waals surface area contributed by atoms with E-state index in [1.807, 2.05) is 30.0 Å². The van der Waals surface area contributed by atoms with E-state index < -0.39 is 0 Å². The molecule has 0 spiro atoms. The smallest absolute Gasteiger partial charge is 0.134 e. The predicted molar refractivity (Wildman–Crippen MR) is 84.9 cm³/mol. The summed E-state index contributed by atoms with van der Waals surface area (Å²) in [6.07, 6.45) is 1.72. The van der Waals surface area contributed by atoms with E-state index in [9.17, 15) is 0 Å². The van der Waals surface area contributed by atoms with Crippen molar-refractivity contribution >= 4 is 11.8 Å². The van der Waals surface area contributed by atoms with Gasteiger partial charge in [-0.15, -0.1) is 11.8 Å². The molecule has 0 saturated carbocycles. The molecule has 2 heteroatoms. The van der Waals surface area contributed by atoms with Crippen molar-refractivity contribution in [3.63, 3.8) is 0 Å². The number of thioether (sulfide) groups is 1. The van der Waals surface area contributed by atoms with E-state index in [2.05, 4.69) is 49.4 Å². The maximum atomic E-state index is 5.51.